The van der Waals surface area contributed by atoms with Gasteiger partial charge < -0.3 is 9.97 Å². The largest absolute Gasteiger partial charge is 0.363 e. The molecule has 2 heterocycles. The van der Waals surface area contributed by atoms with Crippen LogP contribution in [0, 0.1) is 0 Å². The highest BCUT2D eigenvalue weighted by Gasteiger charge is 2.45. The maximum atomic E-state index is 12.5. The van der Waals surface area contributed by atoms with Crippen molar-refractivity contribution >= 4 is 9.84 Å². The van der Waals surface area contributed by atoms with Crippen LogP contribution in [0.1, 0.15) is 37.6 Å². The van der Waals surface area contributed by atoms with Crippen LogP contribution in [0.4, 0.5) is 0 Å². The van der Waals surface area contributed by atoms with Crippen molar-refractivity contribution in [3.8, 4) is 0 Å². The predicted molar refractivity (Wildman–Crippen MR) is 76.7 cm³/mol. The monoisotopic (exact) mass is 280 g/mol. The van der Waals surface area contributed by atoms with Crippen LogP contribution in [0.2, 0.25) is 0 Å². The third-order valence-corrected chi connectivity index (χ3v) is 5.49. The van der Waals surface area contributed by atoms with E-state index in [9.17, 15) is 8.42 Å². The summed E-state index contributed by atoms with van der Waals surface area (Å²) in [6, 6.07) is 7.36. The van der Waals surface area contributed by atoms with Gasteiger partial charge in [0.05, 0.1) is 0 Å². The summed E-state index contributed by atoms with van der Waals surface area (Å²) in [6.45, 7) is 2.07. The first-order valence-corrected chi connectivity index (χ1v) is 8.39. The van der Waals surface area contributed by atoms with Gasteiger partial charge in [-0.05, 0) is 30.7 Å². The fraction of sp³-hybridized carbons (Fsp3) is 0.429. The molecule has 4 nitrogen and oxygen atoms in total. The minimum Gasteiger partial charge on any atom is -0.363 e. The first-order valence-electron chi connectivity index (χ1n) is 6.49. The van der Waals surface area contributed by atoms with Crippen LogP contribution in [0.5, 0.6) is 0 Å². The lowest BCUT2D eigenvalue weighted by molar-refractivity contribution is 0.514. The summed E-state index contributed by atoms with van der Waals surface area (Å²) in [4.78, 5) is 6.17. The third kappa shape index (κ3) is 2.34. The van der Waals surface area contributed by atoms with Crippen molar-refractivity contribution in [3.05, 3.63) is 48.0 Å². The maximum Gasteiger partial charge on any atom is 0.164 e. The van der Waals surface area contributed by atoms with Crippen LogP contribution >= 0.6 is 0 Å². The normalized spacial score (nSPS) is 12.7. The summed E-state index contributed by atoms with van der Waals surface area (Å²) >= 11 is 0. The van der Waals surface area contributed by atoms with Gasteiger partial charge in [-0.3, -0.25) is 0 Å². The van der Waals surface area contributed by atoms with Gasteiger partial charge in [0.25, 0.3) is 0 Å². The molecule has 0 amide bonds. The average molecular weight is 280 g/mol. The number of H-pyrrole nitrogens is 2. The molecule has 104 valence electrons. The zero-order valence-corrected chi connectivity index (χ0v) is 12.1. The lowest BCUT2D eigenvalue weighted by Crippen LogP contribution is -2.37. The quantitative estimate of drug-likeness (QED) is 0.854. The van der Waals surface area contributed by atoms with E-state index in [1.54, 1.807) is 12.4 Å². The number of unbranched alkanes of at least 4 members (excludes halogenated alkanes) is 1. The number of hydrogen-bond donors (Lipinski definition) is 2. The number of hydrogen-bond acceptors (Lipinski definition) is 2. The lowest BCUT2D eigenvalue weighted by Gasteiger charge is -2.30. The van der Waals surface area contributed by atoms with E-state index in [0.717, 1.165) is 24.2 Å². The Morgan fingerprint density at radius 3 is 1.95 bits per heavy atom. The Balaban J connectivity index is 2.65. The Bertz CT molecular complexity index is 564. The molecule has 2 aromatic heterocycles. The Hall–Kier alpha value is -1.49. The fourth-order valence-corrected chi connectivity index (χ4v) is 4.16. The maximum absolute atomic E-state index is 12.5. The van der Waals surface area contributed by atoms with Crippen LogP contribution in [0.25, 0.3) is 0 Å². The molecule has 19 heavy (non-hydrogen) atoms. The summed E-state index contributed by atoms with van der Waals surface area (Å²) in [6.07, 6.45) is 7.23. The topological polar surface area (TPSA) is 65.7 Å². The minimum absolute atomic E-state index is 0.573. The van der Waals surface area contributed by atoms with Crippen LogP contribution in [-0.4, -0.2) is 24.6 Å². The molecule has 0 radical (unpaired) electrons. The molecule has 0 aliphatic carbocycles. The summed E-state index contributed by atoms with van der Waals surface area (Å²) in [7, 11) is -3.31. The molecule has 2 aromatic rings. The van der Waals surface area contributed by atoms with E-state index in [0.29, 0.717) is 6.42 Å². The van der Waals surface area contributed by atoms with E-state index in [1.807, 2.05) is 24.3 Å². The second-order valence-electron chi connectivity index (χ2n) is 4.87. The zero-order chi connectivity index (χ0) is 13.9. The van der Waals surface area contributed by atoms with Gasteiger partial charge >= 0.3 is 0 Å². The molecule has 0 aliphatic heterocycles. The summed E-state index contributed by atoms with van der Waals surface area (Å²) in [5.74, 6) is 0. The molecule has 0 fully saturated rings. The predicted octanol–water partition coefficient (Wildman–Crippen LogP) is 2.82. The molecule has 0 spiro atoms. The highest BCUT2D eigenvalue weighted by Crippen LogP contribution is 2.40. The Labute approximate surface area is 114 Å². The van der Waals surface area contributed by atoms with Gasteiger partial charge in [0.15, 0.2) is 14.6 Å². The molecule has 0 aromatic carbocycles. The van der Waals surface area contributed by atoms with Gasteiger partial charge in [-0.15, -0.1) is 0 Å². The Morgan fingerprint density at radius 2 is 1.63 bits per heavy atom. The molecule has 2 N–H and O–H groups in total. The molecule has 0 aliphatic rings. The minimum atomic E-state index is -3.31. The van der Waals surface area contributed by atoms with Crippen molar-refractivity contribution < 1.29 is 8.42 Å². The zero-order valence-electron chi connectivity index (χ0n) is 11.3. The van der Waals surface area contributed by atoms with Crippen molar-refractivity contribution in [1.82, 2.24) is 9.97 Å². The lowest BCUT2D eigenvalue weighted by atomic mass is 9.94. The molecule has 0 bridgehead atoms. The molecular weight excluding hydrogens is 260 g/mol. The molecule has 0 saturated carbocycles. The van der Waals surface area contributed by atoms with Crippen LogP contribution < -0.4 is 0 Å². The van der Waals surface area contributed by atoms with E-state index < -0.39 is 14.6 Å². The summed E-state index contributed by atoms with van der Waals surface area (Å²) < 4.78 is 24.0. The second-order valence-corrected chi connectivity index (χ2v) is 7.11. The average Bonchev–Trinajstić information content (AvgIpc) is 3.01. The number of aromatic nitrogens is 2. The van der Waals surface area contributed by atoms with Gasteiger partial charge in [0, 0.05) is 30.0 Å². The van der Waals surface area contributed by atoms with E-state index in [4.69, 9.17) is 0 Å². The number of sulfone groups is 1. The fourth-order valence-electron chi connectivity index (χ4n) is 2.59. The third-order valence-electron chi connectivity index (χ3n) is 3.58. The van der Waals surface area contributed by atoms with E-state index in [2.05, 4.69) is 16.9 Å². The van der Waals surface area contributed by atoms with Crippen molar-refractivity contribution in [2.75, 3.05) is 6.26 Å². The van der Waals surface area contributed by atoms with Crippen molar-refractivity contribution in [1.29, 1.82) is 0 Å². The van der Waals surface area contributed by atoms with Gasteiger partial charge in [0.1, 0.15) is 0 Å². The van der Waals surface area contributed by atoms with E-state index in [1.165, 1.54) is 6.26 Å². The Morgan fingerprint density at radius 1 is 1.11 bits per heavy atom. The SMILES string of the molecule is CCCCC(c1ccc[nH]1)(c1ccc[nH]1)S(C)(=O)=O. The summed E-state index contributed by atoms with van der Waals surface area (Å²) in [5, 5.41) is 0. The van der Waals surface area contributed by atoms with Gasteiger partial charge in [-0.2, -0.15) is 0 Å². The first kappa shape index (κ1) is 13.9. The van der Waals surface area contributed by atoms with Gasteiger partial charge in [-0.25, -0.2) is 8.42 Å². The van der Waals surface area contributed by atoms with E-state index >= 15 is 0 Å². The molecule has 5 heteroatoms. The van der Waals surface area contributed by atoms with Crippen molar-refractivity contribution in [2.24, 2.45) is 0 Å². The standard InChI is InChI=1S/C14H20N2O2S/c1-3-4-9-14(19(2,17)18,12-7-5-10-15-12)13-8-6-11-16-13/h5-8,10-11,15-16H,3-4,9H2,1-2H3. The van der Waals surface area contributed by atoms with Crippen molar-refractivity contribution in [2.45, 2.75) is 30.9 Å². The molecular formula is C14H20N2O2S. The Kier molecular flexibility index (Phi) is 3.85. The number of aromatic amines is 2. The number of rotatable bonds is 6. The van der Waals surface area contributed by atoms with E-state index in [-0.39, 0.29) is 0 Å². The summed E-state index contributed by atoms with van der Waals surface area (Å²) in [5.41, 5.74) is 1.46. The van der Waals surface area contributed by atoms with Crippen molar-refractivity contribution in [3.63, 3.8) is 0 Å². The number of nitrogens with one attached hydrogen (secondary N) is 2. The first-order chi connectivity index (χ1) is 9.02. The van der Waals surface area contributed by atoms with Crippen LogP contribution in [-0.2, 0) is 14.6 Å². The smallest absolute Gasteiger partial charge is 0.164 e. The highest BCUT2D eigenvalue weighted by atomic mass is 32.2. The second kappa shape index (κ2) is 5.25. The van der Waals surface area contributed by atoms with Crippen LogP contribution in [0.15, 0.2) is 36.7 Å². The van der Waals surface area contributed by atoms with Crippen LogP contribution in [0.3, 0.4) is 0 Å². The van der Waals surface area contributed by atoms with Gasteiger partial charge in [0.2, 0.25) is 0 Å². The molecule has 0 unspecified atom stereocenters. The molecule has 2 rings (SSSR count). The van der Waals surface area contributed by atoms with Gasteiger partial charge in [-0.1, -0.05) is 19.8 Å². The molecule has 0 atom stereocenters. The highest BCUT2D eigenvalue weighted by molar-refractivity contribution is 7.91. The molecule has 0 saturated heterocycles.